The second kappa shape index (κ2) is 5.18. The van der Waals surface area contributed by atoms with Crippen LogP contribution in [0.2, 0.25) is 0 Å². The van der Waals surface area contributed by atoms with Gasteiger partial charge in [-0.15, -0.1) is 11.3 Å². The van der Waals surface area contributed by atoms with E-state index in [0.29, 0.717) is 17.9 Å². The van der Waals surface area contributed by atoms with E-state index in [1.165, 1.54) is 28.2 Å². The molecule has 1 amide bonds. The van der Waals surface area contributed by atoms with Crippen LogP contribution in [0.3, 0.4) is 0 Å². The number of ether oxygens (including phenoxy) is 1. The Morgan fingerprint density at radius 2 is 2.30 bits per heavy atom. The third kappa shape index (κ3) is 2.58. The lowest BCUT2D eigenvalue weighted by atomic mass is 9.94. The molecule has 5 nitrogen and oxygen atoms in total. The molecule has 1 aromatic rings. The van der Waals surface area contributed by atoms with Crippen molar-refractivity contribution in [2.75, 3.05) is 13.2 Å². The van der Waals surface area contributed by atoms with E-state index in [1.807, 2.05) is 6.07 Å². The van der Waals surface area contributed by atoms with Crippen molar-refractivity contribution in [1.82, 2.24) is 5.32 Å². The Morgan fingerprint density at radius 1 is 1.45 bits per heavy atom. The minimum Gasteiger partial charge on any atom is -0.481 e. The van der Waals surface area contributed by atoms with E-state index in [2.05, 4.69) is 5.32 Å². The minimum atomic E-state index is -0.913. The summed E-state index contributed by atoms with van der Waals surface area (Å²) in [6, 6.07) is 1.95. The van der Waals surface area contributed by atoms with Crippen molar-refractivity contribution < 1.29 is 19.4 Å². The van der Waals surface area contributed by atoms with Gasteiger partial charge in [-0.3, -0.25) is 9.59 Å². The third-order valence-electron chi connectivity index (χ3n) is 3.94. The summed E-state index contributed by atoms with van der Waals surface area (Å²) in [7, 11) is 0. The Bertz CT molecular complexity index is 524. The number of carbonyl (C=O) groups is 2. The number of hydrogen-bond acceptors (Lipinski definition) is 4. The molecule has 0 aromatic carbocycles. The van der Waals surface area contributed by atoms with Gasteiger partial charge < -0.3 is 15.2 Å². The topological polar surface area (TPSA) is 75.6 Å². The summed E-state index contributed by atoms with van der Waals surface area (Å²) in [6.45, 7) is 0.768. The molecule has 0 saturated carbocycles. The maximum Gasteiger partial charge on any atom is 0.305 e. The molecule has 2 N–H and O–H groups in total. The molecule has 3 rings (SSSR count). The predicted octanol–water partition coefficient (Wildman–Crippen LogP) is 1.60. The SMILES string of the molecule is O=C(O)CC1(NC(=O)c2cc3c(s2)CCC3)CCOC1. The molecule has 0 spiro atoms. The molecule has 1 aromatic heterocycles. The molecule has 1 aliphatic carbocycles. The highest BCUT2D eigenvalue weighted by molar-refractivity contribution is 7.14. The van der Waals surface area contributed by atoms with Gasteiger partial charge in [-0.05, 0) is 37.3 Å². The molecule has 0 radical (unpaired) electrons. The zero-order valence-electron chi connectivity index (χ0n) is 11.1. The Labute approximate surface area is 120 Å². The molecule has 1 aliphatic heterocycles. The van der Waals surface area contributed by atoms with E-state index in [9.17, 15) is 9.59 Å². The van der Waals surface area contributed by atoms with E-state index in [4.69, 9.17) is 9.84 Å². The number of aliphatic carboxylic acids is 1. The first-order valence-corrected chi connectivity index (χ1v) is 7.63. The first-order valence-electron chi connectivity index (χ1n) is 6.82. The molecule has 1 atom stereocenters. The molecule has 2 heterocycles. The van der Waals surface area contributed by atoms with Crippen molar-refractivity contribution in [1.29, 1.82) is 0 Å². The summed E-state index contributed by atoms with van der Waals surface area (Å²) in [5, 5.41) is 11.9. The van der Waals surface area contributed by atoms with Crippen molar-refractivity contribution in [2.45, 2.75) is 37.6 Å². The van der Waals surface area contributed by atoms with E-state index >= 15 is 0 Å². The van der Waals surface area contributed by atoms with Gasteiger partial charge >= 0.3 is 5.97 Å². The highest BCUT2D eigenvalue weighted by atomic mass is 32.1. The third-order valence-corrected chi connectivity index (χ3v) is 5.18. The van der Waals surface area contributed by atoms with Crippen LogP contribution in [0.4, 0.5) is 0 Å². The number of amides is 1. The monoisotopic (exact) mass is 295 g/mol. The first-order chi connectivity index (χ1) is 9.58. The van der Waals surface area contributed by atoms with Crippen LogP contribution in [0.5, 0.6) is 0 Å². The van der Waals surface area contributed by atoms with Gasteiger partial charge in [0.15, 0.2) is 0 Å². The van der Waals surface area contributed by atoms with Gasteiger partial charge in [0.1, 0.15) is 0 Å². The lowest BCUT2D eigenvalue weighted by molar-refractivity contribution is -0.138. The van der Waals surface area contributed by atoms with Crippen LogP contribution in [0, 0.1) is 0 Å². The van der Waals surface area contributed by atoms with E-state index in [-0.39, 0.29) is 18.9 Å². The lowest BCUT2D eigenvalue weighted by Crippen LogP contribution is -2.50. The molecular formula is C14H17NO4S. The van der Waals surface area contributed by atoms with Gasteiger partial charge in [-0.1, -0.05) is 0 Å². The van der Waals surface area contributed by atoms with Crippen molar-refractivity contribution in [3.05, 3.63) is 21.4 Å². The molecule has 1 saturated heterocycles. The van der Waals surface area contributed by atoms with Crippen LogP contribution in [0.15, 0.2) is 6.07 Å². The summed E-state index contributed by atoms with van der Waals surface area (Å²) in [5.74, 6) is -1.08. The fourth-order valence-electron chi connectivity index (χ4n) is 2.92. The number of thiophene rings is 1. The molecule has 1 fully saturated rings. The van der Waals surface area contributed by atoms with E-state index < -0.39 is 11.5 Å². The van der Waals surface area contributed by atoms with Crippen molar-refractivity contribution in [2.24, 2.45) is 0 Å². The fraction of sp³-hybridized carbons (Fsp3) is 0.571. The van der Waals surface area contributed by atoms with Crippen LogP contribution in [-0.2, 0) is 22.4 Å². The summed E-state index contributed by atoms with van der Waals surface area (Å²) in [4.78, 5) is 25.3. The molecular weight excluding hydrogens is 278 g/mol. The molecule has 20 heavy (non-hydrogen) atoms. The normalized spacial score (nSPS) is 24.6. The highest BCUT2D eigenvalue weighted by Crippen LogP contribution is 2.31. The number of carbonyl (C=O) groups excluding carboxylic acids is 1. The van der Waals surface area contributed by atoms with Gasteiger partial charge in [-0.2, -0.15) is 0 Å². The van der Waals surface area contributed by atoms with Gasteiger partial charge in [0, 0.05) is 11.5 Å². The number of hydrogen-bond donors (Lipinski definition) is 2. The highest BCUT2D eigenvalue weighted by Gasteiger charge is 2.39. The quantitative estimate of drug-likeness (QED) is 0.884. The summed E-state index contributed by atoms with van der Waals surface area (Å²) >= 11 is 1.53. The molecule has 6 heteroatoms. The molecule has 0 bridgehead atoms. The van der Waals surface area contributed by atoms with Gasteiger partial charge in [-0.25, -0.2) is 0 Å². The van der Waals surface area contributed by atoms with E-state index in [1.54, 1.807) is 0 Å². The van der Waals surface area contributed by atoms with E-state index in [0.717, 1.165) is 12.8 Å². The van der Waals surface area contributed by atoms with Crippen LogP contribution < -0.4 is 5.32 Å². The zero-order valence-corrected chi connectivity index (χ0v) is 11.9. The Kier molecular flexibility index (Phi) is 3.52. The summed E-state index contributed by atoms with van der Waals surface area (Å²) < 4.78 is 5.28. The number of fused-ring (bicyclic) bond motifs is 1. The number of aryl methyl sites for hydroxylation is 2. The Hall–Kier alpha value is -1.40. The molecule has 1 unspecified atom stereocenters. The van der Waals surface area contributed by atoms with Crippen LogP contribution in [0.1, 0.15) is 39.4 Å². The Morgan fingerprint density at radius 3 is 2.95 bits per heavy atom. The standard InChI is InChI=1S/C14H17NO4S/c16-12(17)7-14(4-5-19-8-14)15-13(18)11-6-9-2-1-3-10(9)20-11/h6H,1-5,7-8H2,(H,15,18)(H,16,17). The average Bonchev–Trinajstić information content (AvgIpc) is 3.01. The van der Waals surface area contributed by atoms with Crippen molar-refractivity contribution in [3.8, 4) is 0 Å². The number of carboxylic acid groups (broad SMARTS) is 1. The van der Waals surface area contributed by atoms with Gasteiger partial charge in [0.05, 0.1) is 23.4 Å². The summed E-state index contributed by atoms with van der Waals surface area (Å²) in [5.41, 5.74) is 0.521. The Balaban J connectivity index is 1.74. The second-order valence-electron chi connectivity index (χ2n) is 5.52. The van der Waals surface area contributed by atoms with Crippen LogP contribution >= 0.6 is 11.3 Å². The zero-order chi connectivity index (χ0) is 14.2. The smallest absolute Gasteiger partial charge is 0.305 e. The first kappa shape index (κ1) is 13.6. The van der Waals surface area contributed by atoms with Crippen molar-refractivity contribution >= 4 is 23.2 Å². The average molecular weight is 295 g/mol. The number of carboxylic acids is 1. The summed E-state index contributed by atoms with van der Waals surface area (Å²) in [6.07, 6.45) is 3.72. The minimum absolute atomic E-state index is 0.0934. The second-order valence-corrected chi connectivity index (χ2v) is 6.66. The molecule has 108 valence electrons. The van der Waals surface area contributed by atoms with Crippen LogP contribution in [-0.4, -0.2) is 35.7 Å². The fourth-order valence-corrected chi connectivity index (χ4v) is 4.07. The maximum absolute atomic E-state index is 12.3. The van der Waals surface area contributed by atoms with Gasteiger partial charge in [0.25, 0.3) is 5.91 Å². The number of rotatable bonds is 4. The number of nitrogens with one attached hydrogen (secondary N) is 1. The predicted molar refractivity (Wildman–Crippen MR) is 74.2 cm³/mol. The van der Waals surface area contributed by atoms with Gasteiger partial charge in [0.2, 0.25) is 0 Å². The maximum atomic E-state index is 12.3. The van der Waals surface area contributed by atoms with Crippen molar-refractivity contribution in [3.63, 3.8) is 0 Å². The van der Waals surface area contributed by atoms with Crippen LogP contribution in [0.25, 0.3) is 0 Å². The lowest BCUT2D eigenvalue weighted by Gasteiger charge is -2.26. The molecule has 2 aliphatic rings. The largest absolute Gasteiger partial charge is 0.481 e.